The first kappa shape index (κ1) is 17.4. The SMILES string of the molecule is Cc1ccc(N)cc1C(=O)N(Cc1ccccn1)C1CCCNCC1. The third-order valence-corrected chi connectivity index (χ3v) is 4.80. The van der Waals surface area contributed by atoms with Crippen LogP contribution in [0.1, 0.15) is 40.9 Å². The molecule has 3 N–H and O–H groups in total. The Morgan fingerprint density at radius 2 is 2.16 bits per heavy atom. The van der Waals surface area contributed by atoms with Crippen molar-refractivity contribution in [1.82, 2.24) is 15.2 Å². The molecule has 5 nitrogen and oxygen atoms in total. The molecule has 0 aliphatic carbocycles. The number of hydrogen-bond acceptors (Lipinski definition) is 4. The maximum atomic E-state index is 13.4. The van der Waals surface area contributed by atoms with E-state index in [1.54, 1.807) is 12.3 Å². The molecule has 1 unspecified atom stereocenters. The predicted molar refractivity (Wildman–Crippen MR) is 100 cm³/mol. The summed E-state index contributed by atoms with van der Waals surface area (Å²) in [5.41, 5.74) is 9.10. The van der Waals surface area contributed by atoms with Crippen molar-refractivity contribution in [1.29, 1.82) is 0 Å². The van der Waals surface area contributed by atoms with Crippen molar-refractivity contribution >= 4 is 11.6 Å². The lowest BCUT2D eigenvalue weighted by molar-refractivity contribution is 0.0641. The lowest BCUT2D eigenvalue weighted by Crippen LogP contribution is -2.40. The number of aromatic nitrogens is 1. The van der Waals surface area contributed by atoms with Crippen molar-refractivity contribution in [3.63, 3.8) is 0 Å². The van der Waals surface area contributed by atoms with E-state index in [0.29, 0.717) is 17.8 Å². The number of carbonyl (C=O) groups is 1. The van der Waals surface area contributed by atoms with Gasteiger partial charge in [-0.2, -0.15) is 0 Å². The summed E-state index contributed by atoms with van der Waals surface area (Å²) in [6.07, 6.45) is 4.82. The van der Waals surface area contributed by atoms with Crippen LogP contribution in [0, 0.1) is 6.92 Å². The number of rotatable bonds is 4. The van der Waals surface area contributed by atoms with Gasteiger partial charge in [-0.25, -0.2) is 0 Å². The maximum Gasteiger partial charge on any atom is 0.254 e. The number of carbonyl (C=O) groups excluding carboxylic acids is 1. The molecule has 0 bridgehead atoms. The Morgan fingerprint density at radius 1 is 1.28 bits per heavy atom. The second kappa shape index (κ2) is 8.12. The second-order valence-corrected chi connectivity index (χ2v) is 6.66. The highest BCUT2D eigenvalue weighted by molar-refractivity contribution is 5.96. The molecule has 2 heterocycles. The minimum atomic E-state index is 0.0438. The van der Waals surface area contributed by atoms with Gasteiger partial charge in [0, 0.05) is 23.5 Å². The Balaban J connectivity index is 1.91. The highest BCUT2D eigenvalue weighted by Gasteiger charge is 2.27. The number of aryl methyl sites for hydroxylation is 1. The van der Waals surface area contributed by atoms with Crippen LogP contribution in [-0.4, -0.2) is 34.9 Å². The summed E-state index contributed by atoms with van der Waals surface area (Å²) in [4.78, 5) is 19.8. The predicted octanol–water partition coefficient (Wildman–Crippen LogP) is 2.76. The van der Waals surface area contributed by atoms with E-state index in [4.69, 9.17) is 5.73 Å². The molecule has 1 amide bonds. The molecule has 1 aromatic carbocycles. The van der Waals surface area contributed by atoms with E-state index in [1.165, 1.54) is 0 Å². The van der Waals surface area contributed by atoms with Crippen LogP contribution in [0.4, 0.5) is 5.69 Å². The van der Waals surface area contributed by atoms with Gasteiger partial charge in [-0.15, -0.1) is 0 Å². The van der Waals surface area contributed by atoms with E-state index in [1.807, 2.05) is 42.2 Å². The van der Waals surface area contributed by atoms with Crippen LogP contribution in [0.3, 0.4) is 0 Å². The molecule has 1 aliphatic heterocycles. The lowest BCUT2D eigenvalue weighted by Gasteiger charge is -2.31. The fourth-order valence-electron chi connectivity index (χ4n) is 3.37. The summed E-state index contributed by atoms with van der Waals surface area (Å²) < 4.78 is 0. The van der Waals surface area contributed by atoms with Crippen molar-refractivity contribution in [2.24, 2.45) is 0 Å². The van der Waals surface area contributed by atoms with E-state index >= 15 is 0 Å². The summed E-state index contributed by atoms with van der Waals surface area (Å²) in [5.74, 6) is 0.0438. The van der Waals surface area contributed by atoms with Crippen LogP contribution in [-0.2, 0) is 6.54 Å². The molecular weight excluding hydrogens is 312 g/mol. The summed E-state index contributed by atoms with van der Waals surface area (Å²) in [6.45, 7) is 4.44. The number of nitrogens with zero attached hydrogens (tertiary/aromatic N) is 2. The molecule has 0 spiro atoms. The first-order valence-corrected chi connectivity index (χ1v) is 8.93. The summed E-state index contributed by atoms with van der Waals surface area (Å²) in [6, 6.07) is 11.6. The van der Waals surface area contributed by atoms with Gasteiger partial charge in [0.15, 0.2) is 0 Å². The molecule has 1 saturated heterocycles. The normalized spacial score (nSPS) is 17.7. The topological polar surface area (TPSA) is 71.2 Å². The fourth-order valence-corrected chi connectivity index (χ4v) is 3.37. The van der Waals surface area contributed by atoms with Crippen LogP contribution >= 0.6 is 0 Å². The maximum absolute atomic E-state index is 13.4. The Labute approximate surface area is 149 Å². The van der Waals surface area contributed by atoms with Crippen molar-refractivity contribution in [2.45, 2.75) is 38.8 Å². The number of anilines is 1. The molecule has 25 heavy (non-hydrogen) atoms. The number of nitrogens with one attached hydrogen (secondary N) is 1. The Kier molecular flexibility index (Phi) is 5.66. The summed E-state index contributed by atoms with van der Waals surface area (Å²) in [5, 5.41) is 3.42. The molecule has 132 valence electrons. The molecule has 5 heteroatoms. The van der Waals surface area contributed by atoms with Gasteiger partial charge in [0.05, 0.1) is 12.2 Å². The first-order chi connectivity index (χ1) is 12.1. The zero-order valence-electron chi connectivity index (χ0n) is 14.7. The lowest BCUT2D eigenvalue weighted by atomic mass is 10.0. The standard InChI is InChI=1S/C20H26N4O/c1-15-7-8-16(21)13-19(15)20(25)24(14-17-5-2-3-11-23-17)18-6-4-10-22-12-9-18/h2-3,5,7-8,11,13,18,22H,4,6,9-10,12,14,21H2,1H3. The van der Waals surface area contributed by atoms with E-state index in [9.17, 15) is 4.79 Å². The highest BCUT2D eigenvalue weighted by atomic mass is 16.2. The van der Waals surface area contributed by atoms with Gasteiger partial charge in [0.1, 0.15) is 0 Å². The molecular formula is C20H26N4O. The fraction of sp³-hybridized carbons (Fsp3) is 0.400. The van der Waals surface area contributed by atoms with Crippen LogP contribution in [0.5, 0.6) is 0 Å². The minimum absolute atomic E-state index is 0.0438. The number of benzene rings is 1. The number of hydrogen-bond donors (Lipinski definition) is 2. The zero-order chi connectivity index (χ0) is 17.6. The summed E-state index contributed by atoms with van der Waals surface area (Å²) in [7, 11) is 0. The van der Waals surface area contributed by atoms with Gasteiger partial charge in [0.25, 0.3) is 5.91 Å². The van der Waals surface area contributed by atoms with Gasteiger partial charge < -0.3 is 16.0 Å². The minimum Gasteiger partial charge on any atom is -0.399 e. The quantitative estimate of drug-likeness (QED) is 0.841. The third kappa shape index (κ3) is 4.37. The number of pyridine rings is 1. The van der Waals surface area contributed by atoms with Crippen LogP contribution in [0.2, 0.25) is 0 Å². The van der Waals surface area contributed by atoms with Gasteiger partial charge in [-0.1, -0.05) is 12.1 Å². The Hall–Kier alpha value is -2.40. The average Bonchev–Trinajstić information content (AvgIpc) is 2.91. The summed E-state index contributed by atoms with van der Waals surface area (Å²) >= 11 is 0. The van der Waals surface area contributed by atoms with Gasteiger partial charge in [-0.05, 0) is 69.1 Å². The second-order valence-electron chi connectivity index (χ2n) is 6.66. The van der Waals surface area contributed by atoms with Crippen molar-refractivity contribution in [3.8, 4) is 0 Å². The molecule has 1 aromatic heterocycles. The highest BCUT2D eigenvalue weighted by Crippen LogP contribution is 2.22. The molecule has 1 aliphatic rings. The molecule has 0 radical (unpaired) electrons. The van der Waals surface area contributed by atoms with E-state index in [0.717, 1.165) is 43.6 Å². The van der Waals surface area contributed by atoms with Crippen molar-refractivity contribution in [2.75, 3.05) is 18.8 Å². The van der Waals surface area contributed by atoms with Crippen LogP contribution < -0.4 is 11.1 Å². The number of nitrogen functional groups attached to an aromatic ring is 1. The molecule has 0 saturated carbocycles. The zero-order valence-corrected chi connectivity index (χ0v) is 14.7. The van der Waals surface area contributed by atoms with Gasteiger partial charge >= 0.3 is 0 Å². The largest absolute Gasteiger partial charge is 0.399 e. The molecule has 1 atom stereocenters. The number of amides is 1. The van der Waals surface area contributed by atoms with Crippen LogP contribution in [0.15, 0.2) is 42.6 Å². The van der Waals surface area contributed by atoms with E-state index < -0.39 is 0 Å². The smallest absolute Gasteiger partial charge is 0.254 e. The van der Waals surface area contributed by atoms with Crippen LogP contribution in [0.25, 0.3) is 0 Å². The third-order valence-electron chi connectivity index (χ3n) is 4.80. The monoisotopic (exact) mass is 338 g/mol. The average molecular weight is 338 g/mol. The van der Waals surface area contributed by atoms with Crippen molar-refractivity contribution in [3.05, 3.63) is 59.4 Å². The Morgan fingerprint density at radius 3 is 2.96 bits per heavy atom. The van der Waals surface area contributed by atoms with E-state index in [2.05, 4.69) is 10.3 Å². The van der Waals surface area contributed by atoms with E-state index in [-0.39, 0.29) is 11.9 Å². The molecule has 2 aromatic rings. The molecule has 3 rings (SSSR count). The number of nitrogens with two attached hydrogens (primary N) is 1. The first-order valence-electron chi connectivity index (χ1n) is 8.93. The van der Waals surface area contributed by atoms with Crippen molar-refractivity contribution < 1.29 is 4.79 Å². The van der Waals surface area contributed by atoms with Gasteiger partial charge in [-0.3, -0.25) is 9.78 Å². The van der Waals surface area contributed by atoms with Gasteiger partial charge in [0.2, 0.25) is 0 Å². The molecule has 1 fully saturated rings. The Bertz CT molecular complexity index is 709.